The summed E-state index contributed by atoms with van der Waals surface area (Å²) in [6.07, 6.45) is 5.93. The van der Waals surface area contributed by atoms with Gasteiger partial charge in [0.05, 0.1) is 19.1 Å². The Kier molecular flexibility index (Phi) is 6.04. The predicted octanol–water partition coefficient (Wildman–Crippen LogP) is 1.96. The SMILES string of the molecule is C#CCN(C)CC(=O)N[C@H](CC)c1ccc(F)cc1. The summed E-state index contributed by atoms with van der Waals surface area (Å²) >= 11 is 0. The van der Waals surface area contributed by atoms with Crippen LogP contribution in [0.3, 0.4) is 0 Å². The van der Waals surface area contributed by atoms with Crippen LogP contribution in [0.1, 0.15) is 24.9 Å². The van der Waals surface area contributed by atoms with E-state index in [2.05, 4.69) is 11.2 Å². The number of carbonyl (C=O) groups is 1. The summed E-state index contributed by atoms with van der Waals surface area (Å²) < 4.78 is 12.9. The van der Waals surface area contributed by atoms with Crippen LogP contribution in [0.15, 0.2) is 24.3 Å². The second-order valence-electron chi connectivity index (χ2n) is 4.46. The molecule has 1 atom stereocenters. The van der Waals surface area contributed by atoms with Gasteiger partial charge >= 0.3 is 0 Å². The van der Waals surface area contributed by atoms with Gasteiger partial charge in [-0.15, -0.1) is 6.42 Å². The Balaban J connectivity index is 2.59. The number of halogens is 1. The molecule has 0 saturated heterocycles. The van der Waals surface area contributed by atoms with Crippen molar-refractivity contribution in [3.05, 3.63) is 35.6 Å². The largest absolute Gasteiger partial charge is 0.348 e. The highest BCUT2D eigenvalue weighted by atomic mass is 19.1. The molecule has 4 heteroatoms. The third kappa shape index (κ3) is 5.11. The van der Waals surface area contributed by atoms with Gasteiger partial charge in [0.1, 0.15) is 5.82 Å². The van der Waals surface area contributed by atoms with E-state index in [1.54, 1.807) is 24.1 Å². The molecule has 0 aliphatic carbocycles. The number of hydrogen-bond donors (Lipinski definition) is 1. The molecule has 1 rings (SSSR count). The number of carbonyl (C=O) groups excluding carboxylic acids is 1. The van der Waals surface area contributed by atoms with Crippen molar-refractivity contribution in [2.45, 2.75) is 19.4 Å². The zero-order valence-electron chi connectivity index (χ0n) is 11.3. The monoisotopic (exact) mass is 262 g/mol. The number of amides is 1. The van der Waals surface area contributed by atoms with Gasteiger partial charge in [-0.05, 0) is 31.2 Å². The van der Waals surface area contributed by atoms with Gasteiger partial charge in [0.15, 0.2) is 0 Å². The smallest absolute Gasteiger partial charge is 0.234 e. The fourth-order valence-corrected chi connectivity index (χ4v) is 1.81. The maximum atomic E-state index is 12.9. The standard InChI is InChI=1S/C15H19FN2O/c1-4-10-18(3)11-15(19)17-14(5-2)12-6-8-13(16)9-7-12/h1,6-9,14H,5,10-11H2,2-3H3,(H,17,19)/t14-/m1/s1. The van der Waals surface area contributed by atoms with E-state index in [1.807, 2.05) is 6.92 Å². The van der Waals surface area contributed by atoms with Crippen LogP contribution < -0.4 is 5.32 Å². The van der Waals surface area contributed by atoms with Crippen molar-refractivity contribution < 1.29 is 9.18 Å². The summed E-state index contributed by atoms with van der Waals surface area (Å²) in [4.78, 5) is 13.6. The zero-order valence-corrected chi connectivity index (χ0v) is 11.3. The van der Waals surface area contributed by atoms with E-state index in [0.717, 1.165) is 12.0 Å². The molecule has 1 N–H and O–H groups in total. The van der Waals surface area contributed by atoms with Crippen LogP contribution in [0.5, 0.6) is 0 Å². The van der Waals surface area contributed by atoms with Gasteiger partial charge in [-0.3, -0.25) is 9.69 Å². The van der Waals surface area contributed by atoms with Crippen molar-refractivity contribution in [3.63, 3.8) is 0 Å². The molecule has 3 nitrogen and oxygen atoms in total. The second-order valence-corrected chi connectivity index (χ2v) is 4.46. The molecule has 0 radical (unpaired) electrons. The lowest BCUT2D eigenvalue weighted by atomic mass is 10.0. The summed E-state index contributed by atoms with van der Waals surface area (Å²) in [5.41, 5.74) is 0.900. The number of terminal acetylenes is 1. The molecule has 102 valence electrons. The van der Waals surface area contributed by atoms with Crippen molar-refractivity contribution >= 4 is 5.91 Å². The van der Waals surface area contributed by atoms with E-state index < -0.39 is 0 Å². The molecule has 0 bridgehead atoms. The van der Waals surface area contributed by atoms with Crippen LogP contribution in [0.4, 0.5) is 4.39 Å². The van der Waals surface area contributed by atoms with Crippen molar-refractivity contribution in [1.29, 1.82) is 0 Å². The molecular weight excluding hydrogens is 243 g/mol. The highest BCUT2D eigenvalue weighted by molar-refractivity contribution is 5.78. The van der Waals surface area contributed by atoms with Gasteiger partial charge in [0.25, 0.3) is 0 Å². The molecule has 0 heterocycles. The Hall–Kier alpha value is -1.86. The summed E-state index contributed by atoms with van der Waals surface area (Å²) in [6.45, 7) is 2.65. The van der Waals surface area contributed by atoms with Gasteiger partial charge in [0.2, 0.25) is 5.91 Å². The van der Waals surface area contributed by atoms with Crippen LogP contribution in [-0.4, -0.2) is 30.9 Å². The minimum Gasteiger partial charge on any atom is -0.348 e. The topological polar surface area (TPSA) is 32.3 Å². The Bertz CT molecular complexity index is 450. The fraction of sp³-hybridized carbons (Fsp3) is 0.400. The Morgan fingerprint density at radius 1 is 1.47 bits per heavy atom. The third-order valence-electron chi connectivity index (χ3n) is 2.79. The Labute approximate surface area is 113 Å². The lowest BCUT2D eigenvalue weighted by Gasteiger charge is -2.19. The first-order valence-electron chi connectivity index (χ1n) is 6.23. The molecule has 19 heavy (non-hydrogen) atoms. The summed E-state index contributed by atoms with van der Waals surface area (Å²) in [5, 5.41) is 2.92. The zero-order chi connectivity index (χ0) is 14.3. The first-order valence-corrected chi connectivity index (χ1v) is 6.23. The molecule has 0 aromatic heterocycles. The average molecular weight is 262 g/mol. The number of likely N-dealkylation sites (N-methyl/N-ethyl adjacent to an activating group) is 1. The van der Waals surface area contributed by atoms with Gasteiger partial charge in [-0.25, -0.2) is 4.39 Å². The van der Waals surface area contributed by atoms with E-state index in [9.17, 15) is 9.18 Å². The molecule has 0 unspecified atom stereocenters. The molecule has 0 aliphatic heterocycles. The maximum Gasteiger partial charge on any atom is 0.234 e. The summed E-state index contributed by atoms with van der Waals surface area (Å²) in [5.74, 6) is 2.11. The van der Waals surface area contributed by atoms with E-state index in [4.69, 9.17) is 6.42 Å². The van der Waals surface area contributed by atoms with E-state index in [-0.39, 0.29) is 24.3 Å². The lowest BCUT2D eigenvalue weighted by molar-refractivity contribution is -0.122. The Morgan fingerprint density at radius 3 is 2.63 bits per heavy atom. The second kappa shape index (κ2) is 7.55. The van der Waals surface area contributed by atoms with Crippen molar-refractivity contribution in [1.82, 2.24) is 10.2 Å². The number of nitrogens with zero attached hydrogens (tertiary/aromatic N) is 1. The van der Waals surface area contributed by atoms with E-state index in [0.29, 0.717) is 6.54 Å². The number of nitrogens with one attached hydrogen (secondary N) is 1. The van der Waals surface area contributed by atoms with Gasteiger partial charge in [0, 0.05) is 0 Å². The normalized spacial score (nSPS) is 11.9. The van der Waals surface area contributed by atoms with Crippen LogP contribution >= 0.6 is 0 Å². The molecule has 0 fully saturated rings. The fourth-order valence-electron chi connectivity index (χ4n) is 1.81. The molecule has 1 aromatic carbocycles. The highest BCUT2D eigenvalue weighted by Crippen LogP contribution is 2.16. The first kappa shape index (κ1) is 15.2. The minimum atomic E-state index is -0.279. The molecule has 0 aliphatic rings. The van der Waals surface area contributed by atoms with Gasteiger partial charge in [-0.1, -0.05) is 25.0 Å². The number of benzene rings is 1. The van der Waals surface area contributed by atoms with Crippen LogP contribution in [0.2, 0.25) is 0 Å². The highest BCUT2D eigenvalue weighted by Gasteiger charge is 2.13. The Morgan fingerprint density at radius 2 is 2.11 bits per heavy atom. The summed E-state index contributed by atoms with van der Waals surface area (Å²) in [7, 11) is 1.79. The molecule has 0 spiro atoms. The quantitative estimate of drug-likeness (QED) is 0.795. The van der Waals surface area contributed by atoms with Gasteiger partial charge in [-0.2, -0.15) is 0 Å². The lowest BCUT2D eigenvalue weighted by Crippen LogP contribution is -2.37. The van der Waals surface area contributed by atoms with Gasteiger partial charge < -0.3 is 5.32 Å². The van der Waals surface area contributed by atoms with Crippen LogP contribution in [0.25, 0.3) is 0 Å². The average Bonchev–Trinajstić information content (AvgIpc) is 2.37. The van der Waals surface area contributed by atoms with Crippen molar-refractivity contribution in [2.75, 3.05) is 20.1 Å². The minimum absolute atomic E-state index is 0.0890. The molecule has 1 aromatic rings. The summed E-state index contributed by atoms with van der Waals surface area (Å²) in [6, 6.07) is 6.07. The first-order chi connectivity index (χ1) is 9.06. The number of rotatable bonds is 6. The van der Waals surface area contributed by atoms with E-state index in [1.165, 1.54) is 12.1 Å². The van der Waals surface area contributed by atoms with E-state index >= 15 is 0 Å². The third-order valence-corrected chi connectivity index (χ3v) is 2.79. The molecular formula is C15H19FN2O. The van der Waals surface area contributed by atoms with Crippen LogP contribution in [0, 0.1) is 18.2 Å². The van der Waals surface area contributed by atoms with Crippen molar-refractivity contribution in [3.8, 4) is 12.3 Å². The predicted molar refractivity (Wildman–Crippen MR) is 73.9 cm³/mol. The van der Waals surface area contributed by atoms with Crippen LogP contribution in [-0.2, 0) is 4.79 Å². The molecule has 1 amide bonds. The maximum absolute atomic E-state index is 12.9. The molecule has 0 saturated carbocycles. The number of hydrogen-bond acceptors (Lipinski definition) is 2. The van der Waals surface area contributed by atoms with Crippen molar-refractivity contribution in [2.24, 2.45) is 0 Å².